The van der Waals surface area contributed by atoms with Crippen LogP contribution in [-0.4, -0.2) is 30.3 Å². The SMILES string of the molecule is CCCCN(C1CC1)S(=O)(=O)c1ccc(C(N)=S)cc1. The van der Waals surface area contributed by atoms with E-state index >= 15 is 0 Å². The lowest BCUT2D eigenvalue weighted by Gasteiger charge is -2.21. The van der Waals surface area contributed by atoms with Gasteiger partial charge in [-0.25, -0.2) is 8.42 Å². The Balaban J connectivity index is 2.25. The highest BCUT2D eigenvalue weighted by molar-refractivity contribution is 7.89. The van der Waals surface area contributed by atoms with Crippen LogP contribution in [-0.2, 0) is 10.0 Å². The molecule has 1 aromatic rings. The van der Waals surface area contributed by atoms with Gasteiger partial charge in [-0.05, 0) is 31.4 Å². The fourth-order valence-electron chi connectivity index (χ4n) is 2.10. The summed E-state index contributed by atoms with van der Waals surface area (Å²) >= 11 is 4.88. The molecule has 0 unspecified atom stereocenters. The molecule has 2 rings (SSSR count). The monoisotopic (exact) mass is 312 g/mol. The molecule has 1 aromatic carbocycles. The maximum Gasteiger partial charge on any atom is 0.243 e. The number of rotatable bonds is 7. The van der Waals surface area contributed by atoms with Crippen LogP contribution < -0.4 is 5.73 Å². The molecule has 1 saturated carbocycles. The second-order valence-electron chi connectivity index (χ2n) is 5.09. The van der Waals surface area contributed by atoms with Crippen LogP contribution in [0.2, 0.25) is 0 Å². The fourth-order valence-corrected chi connectivity index (χ4v) is 3.96. The lowest BCUT2D eigenvalue weighted by atomic mass is 10.2. The molecule has 0 spiro atoms. The predicted octanol–water partition coefficient (Wildman–Crippen LogP) is 2.27. The first-order chi connectivity index (χ1) is 9.46. The van der Waals surface area contributed by atoms with E-state index in [1.807, 2.05) is 0 Å². The largest absolute Gasteiger partial charge is 0.389 e. The molecular weight excluding hydrogens is 292 g/mol. The van der Waals surface area contributed by atoms with E-state index in [4.69, 9.17) is 18.0 Å². The number of unbranched alkanes of at least 4 members (excludes halogenated alkanes) is 1. The number of nitrogens with two attached hydrogens (primary N) is 1. The molecule has 0 amide bonds. The van der Waals surface area contributed by atoms with E-state index in [0.717, 1.165) is 25.7 Å². The van der Waals surface area contributed by atoms with E-state index in [9.17, 15) is 8.42 Å². The normalized spacial score (nSPS) is 15.5. The van der Waals surface area contributed by atoms with Gasteiger partial charge in [0.15, 0.2) is 0 Å². The molecule has 6 heteroatoms. The topological polar surface area (TPSA) is 63.4 Å². The molecule has 0 bridgehead atoms. The number of hydrogen-bond donors (Lipinski definition) is 1. The van der Waals surface area contributed by atoms with Crippen LogP contribution in [0.3, 0.4) is 0 Å². The molecule has 1 fully saturated rings. The lowest BCUT2D eigenvalue weighted by molar-refractivity contribution is 0.395. The molecule has 0 aromatic heterocycles. The Hall–Kier alpha value is -0.980. The third-order valence-electron chi connectivity index (χ3n) is 3.43. The lowest BCUT2D eigenvalue weighted by Crippen LogP contribution is -2.34. The first-order valence-corrected chi connectivity index (χ1v) is 8.73. The van der Waals surface area contributed by atoms with Gasteiger partial charge in [0.05, 0.1) is 4.90 Å². The number of thiocarbonyl (C=S) groups is 1. The van der Waals surface area contributed by atoms with Gasteiger partial charge in [0.25, 0.3) is 0 Å². The highest BCUT2D eigenvalue weighted by atomic mass is 32.2. The molecule has 0 saturated heterocycles. The van der Waals surface area contributed by atoms with E-state index < -0.39 is 10.0 Å². The molecule has 2 N–H and O–H groups in total. The van der Waals surface area contributed by atoms with Crippen LogP contribution >= 0.6 is 12.2 Å². The van der Waals surface area contributed by atoms with Gasteiger partial charge in [0.1, 0.15) is 4.99 Å². The molecule has 0 heterocycles. The summed E-state index contributed by atoms with van der Waals surface area (Å²) in [5, 5.41) is 0. The third kappa shape index (κ3) is 3.37. The van der Waals surface area contributed by atoms with Crippen molar-refractivity contribution in [1.29, 1.82) is 0 Å². The minimum Gasteiger partial charge on any atom is -0.389 e. The Kier molecular flexibility index (Phi) is 4.78. The molecule has 1 aliphatic carbocycles. The fraction of sp³-hybridized carbons (Fsp3) is 0.500. The van der Waals surface area contributed by atoms with Gasteiger partial charge in [-0.1, -0.05) is 37.7 Å². The van der Waals surface area contributed by atoms with Gasteiger partial charge >= 0.3 is 0 Å². The second kappa shape index (κ2) is 6.20. The zero-order chi connectivity index (χ0) is 14.8. The number of nitrogens with zero attached hydrogens (tertiary/aromatic N) is 1. The standard InChI is InChI=1S/C14H20N2O2S2/c1-2-3-10-16(12-6-7-12)20(17,18)13-8-4-11(5-9-13)14(15)19/h4-5,8-9,12H,2-3,6-7,10H2,1H3,(H2,15,19). The van der Waals surface area contributed by atoms with Gasteiger partial charge in [0.2, 0.25) is 10.0 Å². The van der Waals surface area contributed by atoms with Gasteiger partial charge < -0.3 is 5.73 Å². The summed E-state index contributed by atoms with van der Waals surface area (Å²) in [4.78, 5) is 0.597. The zero-order valence-electron chi connectivity index (χ0n) is 11.6. The Morgan fingerprint density at radius 2 is 1.95 bits per heavy atom. The highest BCUT2D eigenvalue weighted by Crippen LogP contribution is 2.32. The van der Waals surface area contributed by atoms with Crippen LogP contribution in [0.15, 0.2) is 29.2 Å². The highest BCUT2D eigenvalue weighted by Gasteiger charge is 2.37. The van der Waals surface area contributed by atoms with Crippen LogP contribution in [0.25, 0.3) is 0 Å². The first kappa shape index (κ1) is 15.4. The summed E-state index contributed by atoms with van der Waals surface area (Å²) < 4.78 is 27.0. The van der Waals surface area contributed by atoms with Crippen molar-refractivity contribution in [1.82, 2.24) is 4.31 Å². The maximum absolute atomic E-state index is 12.7. The smallest absolute Gasteiger partial charge is 0.243 e. The van der Waals surface area contributed by atoms with E-state index in [1.165, 1.54) is 0 Å². The van der Waals surface area contributed by atoms with E-state index in [1.54, 1.807) is 28.6 Å². The number of benzene rings is 1. The molecule has 1 aliphatic rings. The van der Waals surface area contributed by atoms with Crippen molar-refractivity contribution in [3.05, 3.63) is 29.8 Å². The van der Waals surface area contributed by atoms with Crippen molar-refractivity contribution in [2.45, 2.75) is 43.5 Å². The number of hydrogen-bond acceptors (Lipinski definition) is 3. The predicted molar refractivity (Wildman–Crippen MR) is 84.2 cm³/mol. The van der Waals surface area contributed by atoms with Crippen molar-refractivity contribution >= 4 is 27.2 Å². The molecule has 0 atom stereocenters. The molecular formula is C14H20N2O2S2. The summed E-state index contributed by atoms with van der Waals surface area (Å²) in [5.41, 5.74) is 6.21. The average molecular weight is 312 g/mol. The molecule has 0 radical (unpaired) electrons. The quantitative estimate of drug-likeness (QED) is 0.785. The van der Waals surface area contributed by atoms with Crippen molar-refractivity contribution in [3.63, 3.8) is 0 Å². The Labute approximate surface area is 126 Å². The Morgan fingerprint density at radius 3 is 2.40 bits per heavy atom. The van der Waals surface area contributed by atoms with Crippen LogP contribution in [0, 0.1) is 0 Å². The summed E-state index contributed by atoms with van der Waals surface area (Å²) in [6.07, 6.45) is 3.81. The summed E-state index contributed by atoms with van der Waals surface area (Å²) in [6.45, 7) is 2.66. The minimum atomic E-state index is -3.40. The third-order valence-corrected chi connectivity index (χ3v) is 5.63. The van der Waals surface area contributed by atoms with Gasteiger partial charge in [-0.15, -0.1) is 0 Å². The van der Waals surface area contributed by atoms with E-state index in [2.05, 4.69) is 6.92 Å². The Morgan fingerprint density at radius 1 is 1.35 bits per heavy atom. The van der Waals surface area contributed by atoms with Crippen molar-refractivity contribution in [2.24, 2.45) is 5.73 Å². The van der Waals surface area contributed by atoms with Crippen LogP contribution in [0.5, 0.6) is 0 Å². The summed E-state index contributed by atoms with van der Waals surface area (Å²) in [7, 11) is -3.40. The summed E-state index contributed by atoms with van der Waals surface area (Å²) in [5.74, 6) is 0. The van der Waals surface area contributed by atoms with Gasteiger partial charge in [-0.2, -0.15) is 4.31 Å². The zero-order valence-corrected chi connectivity index (χ0v) is 13.2. The van der Waals surface area contributed by atoms with Crippen molar-refractivity contribution < 1.29 is 8.42 Å². The van der Waals surface area contributed by atoms with E-state index in [-0.39, 0.29) is 11.0 Å². The average Bonchev–Trinajstić information content (AvgIpc) is 3.23. The molecule has 110 valence electrons. The molecule has 4 nitrogen and oxygen atoms in total. The van der Waals surface area contributed by atoms with Crippen LogP contribution in [0.1, 0.15) is 38.2 Å². The molecule has 20 heavy (non-hydrogen) atoms. The first-order valence-electron chi connectivity index (χ1n) is 6.88. The van der Waals surface area contributed by atoms with Crippen molar-refractivity contribution in [2.75, 3.05) is 6.54 Å². The maximum atomic E-state index is 12.7. The van der Waals surface area contributed by atoms with Gasteiger partial charge in [-0.3, -0.25) is 0 Å². The summed E-state index contributed by atoms with van der Waals surface area (Å²) in [6, 6.07) is 6.69. The van der Waals surface area contributed by atoms with Gasteiger partial charge in [0, 0.05) is 18.2 Å². The Bertz CT molecular complexity index is 578. The molecule has 0 aliphatic heterocycles. The minimum absolute atomic E-state index is 0.182. The number of sulfonamides is 1. The van der Waals surface area contributed by atoms with E-state index in [0.29, 0.717) is 17.0 Å². The second-order valence-corrected chi connectivity index (χ2v) is 7.42. The van der Waals surface area contributed by atoms with Crippen LogP contribution in [0.4, 0.5) is 0 Å². The van der Waals surface area contributed by atoms with Crippen molar-refractivity contribution in [3.8, 4) is 0 Å².